The van der Waals surface area contributed by atoms with Crippen molar-refractivity contribution >= 4 is 22.8 Å². The average molecular weight is 347 g/mol. The lowest BCUT2D eigenvalue weighted by Crippen LogP contribution is -2.30. The molecule has 0 spiro atoms. The zero-order valence-corrected chi connectivity index (χ0v) is 14.8. The number of nitrogens with zero attached hydrogens (tertiary/aromatic N) is 3. The highest BCUT2D eigenvalue weighted by Gasteiger charge is 2.34. The standard InChI is InChI=1S/C21H21N3O2/c1-15-22-18-11-5-6-12-19(18)23(15)13-7-2-8-14-24-20(25)16-9-3-4-10-17(16)21(24)26/h3-6,9-12H,2,7-8,13-14H2,1H3. The van der Waals surface area contributed by atoms with E-state index in [1.807, 2.05) is 25.1 Å². The fourth-order valence-corrected chi connectivity index (χ4v) is 3.64. The lowest BCUT2D eigenvalue weighted by atomic mass is 10.1. The first-order valence-electron chi connectivity index (χ1n) is 9.04. The highest BCUT2D eigenvalue weighted by atomic mass is 16.2. The Morgan fingerprint density at radius 1 is 0.808 bits per heavy atom. The largest absolute Gasteiger partial charge is 0.328 e. The minimum Gasteiger partial charge on any atom is -0.328 e. The molecule has 0 unspecified atom stereocenters. The van der Waals surface area contributed by atoms with E-state index in [2.05, 4.69) is 15.6 Å². The molecule has 0 aliphatic carbocycles. The van der Waals surface area contributed by atoms with Crippen LogP contribution in [-0.4, -0.2) is 32.8 Å². The topological polar surface area (TPSA) is 55.2 Å². The number of fused-ring (bicyclic) bond motifs is 2. The van der Waals surface area contributed by atoms with Gasteiger partial charge in [-0.1, -0.05) is 24.3 Å². The highest BCUT2D eigenvalue weighted by Crippen LogP contribution is 2.23. The Bertz CT molecular complexity index is 955. The van der Waals surface area contributed by atoms with Crippen LogP contribution >= 0.6 is 0 Å². The summed E-state index contributed by atoms with van der Waals surface area (Å²) in [4.78, 5) is 30.6. The number of carbonyl (C=O) groups is 2. The molecule has 2 amide bonds. The van der Waals surface area contributed by atoms with Crippen molar-refractivity contribution in [2.75, 3.05) is 6.54 Å². The maximum absolute atomic E-state index is 12.3. The van der Waals surface area contributed by atoms with Crippen LogP contribution in [0.5, 0.6) is 0 Å². The van der Waals surface area contributed by atoms with E-state index >= 15 is 0 Å². The van der Waals surface area contributed by atoms with Gasteiger partial charge in [-0.2, -0.15) is 0 Å². The third-order valence-corrected chi connectivity index (χ3v) is 4.99. The number of aromatic nitrogens is 2. The predicted molar refractivity (Wildman–Crippen MR) is 100 cm³/mol. The molecule has 1 aliphatic rings. The number of carbonyl (C=O) groups excluding carboxylic acids is 2. The SMILES string of the molecule is Cc1nc2ccccc2n1CCCCCN1C(=O)c2ccccc2C1=O. The second-order valence-electron chi connectivity index (χ2n) is 6.67. The third-order valence-electron chi connectivity index (χ3n) is 4.99. The van der Waals surface area contributed by atoms with E-state index in [9.17, 15) is 9.59 Å². The maximum Gasteiger partial charge on any atom is 0.261 e. The molecule has 0 saturated heterocycles. The van der Waals surface area contributed by atoms with Crippen molar-refractivity contribution < 1.29 is 9.59 Å². The van der Waals surface area contributed by atoms with Gasteiger partial charge in [0.25, 0.3) is 11.8 Å². The van der Waals surface area contributed by atoms with Gasteiger partial charge in [-0.05, 0) is 50.5 Å². The number of benzene rings is 2. The molecular formula is C21H21N3O2. The van der Waals surface area contributed by atoms with Gasteiger partial charge in [-0.25, -0.2) is 4.98 Å². The molecule has 0 bridgehead atoms. The van der Waals surface area contributed by atoms with Crippen molar-refractivity contribution in [2.24, 2.45) is 0 Å². The third kappa shape index (κ3) is 2.79. The summed E-state index contributed by atoms with van der Waals surface area (Å²) in [6.45, 7) is 3.41. The average Bonchev–Trinajstić information content (AvgIpc) is 3.10. The molecule has 3 aromatic rings. The van der Waals surface area contributed by atoms with Crippen molar-refractivity contribution in [3.8, 4) is 0 Å². The molecule has 0 N–H and O–H groups in total. The van der Waals surface area contributed by atoms with Crippen molar-refractivity contribution in [2.45, 2.75) is 32.7 Å². The van der Waals surface area contributed by atoms with Crippen LogP contribution in [0.2, 0.25) is 0 Å². The summed E-state index contributed by atoms with van der Waals surface area (Å²) in [5.41, 5.74) is 3.23. The van der Waals surface area contributed by atoms with Crippen LogP contribution < -0.4 is 0 Å². The molecule has 1 aromatic heterocycles. The molecule has 0 radical (unpaired) electrons. The van der Waals surface area contributed by atoms with Gasteiger partial charge in [-0.15, -0.1) is 0 Å². The molecule has 0 fully saturated rings. The number of hydrogen-bond acceptors (Lipinski definition) is 3. The lowest BCUT2D eigenvalue weighted by molar-refractivity contribution is 0.0651. The van der Waals surface area contributed by atoms with E-state index in [0.29, 0.717) is 17.7 Å². The van der Waals surface area contributed by atoms with Crippen LogP contribution in [0.25, 0.3) is 11.0 Å². The maximum atomic E-state index is 12.3. The van der Waals surface area contributed by atoms with Crippen LogP contribution in [0.4, 0.5) is 0 Å². The molecule has 132 valence electrons. The molecule has 5 nitrogen and oxygen atoms in total. The van der Waals surface area contributed by atoms with Gasteiger partial charge in [0.2, 0.25) is 0 Å². The predicted octanol–water partition coefficient (Wildman–Crippen LogP) is 3.81. The van der Waals surface area contributed by atoms with Gasteiger partial charge >= 0.3 is 0 Å². The number of unbranched alkanes of at least 4 members (excludes halogenated alkanes) is 2. The number of imide groups is 1. The molecule has 2 aromatic carbocycles. The summed E-state index contributed by atoms with van der Waals surface area (Å²) >= 11 is 0. The number of amides is 2. The highest BCUT2D eigenvalue weighted by molar-refractivity contribution is 6.21. The Morgan fingerprint density at radius 2 is 1.42 bits per heavy atom. The summed E-state index contributed by atoms with van der Waals surface area (Å²) in [5.74, 6) is 0.690. The quantitative estimate of drug-likeness (QED) is 0.503. The van der Waals surface area contributed by atoms with Crippen LogP contribution in [-0.2, 0) is 6.54 Å². The molecule has 1 aliphatic heterocycles. The van der Waals surface area contributed by atoms with E-state index in [4.69, 9.17) is 0 Å². The zero-order chi connectivity index (χ0) is 18.1. The lowest BCUT2D eigenvalue weighted by Gasteiger charge is -2.13. The molecule has 5 heteroatoms. The summed E-state index contributed by atoms with van der Waals surface area (Å²) in [6.07, 6.45) is 2.76. The summed E-state index contributed by atoms with van der Waals surface area (Å²) < 4.78 is 2.23. The number of rotatable bonds is 6. The fourth-order valence-electron chi connectivity index (χ4n) is 3.64. The molecule has 0 atom stereocenters. The van der Waals surface area contributed by atoms with Crippen molar-refractivity contribution in [3.63, 3.8) is 0 Å². The second kappa shape index (κ2) is 6.75. The van der Waals surface area contributed by atoms with E-state index in [1.165, 1.54) is 4.90 Å². The molecule has 26 heavy (non-hydrogen) atoms. The summed E-state index contributed by atoms with van der Waals surface area (Å²) in [6, 6.07) is 15.2. The van der Waals surface area contributed by atoms with Crippen LogP contribution in [0, 0.1) is 6.92 Å². The van der Waals surface area contributed by atoms with Crippen molar-refractivity contribution in [3.05, 3.63) is 65.5 Å². The van der Waals surface area contributed by atoms with Crippen LogP contribution in [0.3, 0.4) is 0 Å². The van der Waals surface area contributed by atoms with Crippen LogP contribution in [0.15, 0.2) is 48.5 Å². The fraction of sp³-hybridized carbons (Fsp3) is 0.286. The summed E-state index contributed by atoms with van der Waals surface area (Å²) in [7, 11) is 0. The monoisotopic (exact) mass is 347 g/mol. The molecular weight excluding hydrogens is 326 g/mol. The van der Waals surface area contributed by atoms with E-state index in [1.54, 1.807) is 24.3 Å². The van der Waals surface area contributed by atoms with Gasteiger partial charge in [0, 0.05) is 13.1 Å². The minimum atomic E-state index is -0.165. The van der Waals surface area contributed by atoms with Gasteiger partial charge in [0.1, 0.15) is 5.82 Å². The van der Waals surface area contributed by atoms with Crippen LogP contribution in [0.1, 0.15) is 45.8 Å². The second-order valence-corrected chi connectivity index (χ2v) is 6.67. The van der Waals surface area contributed by atoms with E-state index in [-0.39, 0.29) is 11.8 Å². The number of hydrogen-bond donors (Lipinski definition) is 0. The minimum absolute atomic E-state index is 0.165. The number of para-hydroxylation sites is 2. The normalized spacial score (nSPS) is 13.7. The first kappa shape index (κ1) is 16.5. The Hall–Kier alpha value is -2.95. The smallest absolute Gasteiger partial charge is 0.261 e. The summed E-state index contributed by atoms with van der Waals surface area (Å²) in [5, 5.41) is 0. The number of imidazole rings is 1. The van der Waals surface area contributed by atoms with Gasteiger partial charge in [0.05, 0.1) is 22.2 Å². The van der Waals surface area contributed by atoms with Gasteiger partial charge in [0.15, 0.2) is 0 Å². The van der Waals surface area contributed by atoms with Crippen molar-refractivity contribution in [1.29, 1.82) is 0 Å². The van der Waals surface area contributed by atoms with E-state index in [0.717, 1.165) is 42.7 Å². The number of aryl methyl sites for hydroxylation is 2. The molecule has 0 saturated carbocycles. The van der Waals surface area contributed by atoms with Gasteiger partial charge in [-0.3, -0.25) is 14.5 Å². The van der Waals surface area contributed by atoms with Gasteiger partial charge < -0.3 is 4.57 Å². The first-order valence-corrected chi connectivity index (χ1v) is 9.04. The first-order chi connectivity index (χ1) is 12.7. The zero-order valence-electron chi connectivity index (χ0n) is 14.8. The Kier molecular flexibility index (Phi) is 4.29. The Balaban J connectivity index is 1.32. The van der Waals surface area contributed by atoms with Crippen molar-refractivity contribution in [1.82, 2.24) is 14.5 Å². The Labute approximate surface area is 152 Å². The van der Waals surface area contributed by atoms with E-state index < -0.39 is 0 Å². The Morgan fingerprint density at radius 3 is 2.15 bits per heavy atom. The molecule has 4 rings (SSSR count). The molecule has 2 heterocycles.